The van der Waals surface area contributed by atoms with E-state index in [9.17, 15) is 0 Å². The van der Waals surface area contributed by atoms with E-state index in [2.05, 4.69) is 15.2 Å². The van der Waals surface area contributed by atoms with E-state index >= 15 is 0 Å². The molecular weight excluding hydrogens is 287 g/mol. The number of fused-ring (bicyclic) bond motifs is 1. The summed E-state index contributed by atoms with van der Waals surface area (Å²) in [7, 11) is 0. The van der Waals surface area contributed by atoms with Crippen LogP contribution >= 0.6 is 23.2 Å². The van der Waals surface area contributed by atoms with Crippen molar-refractivity contribution in [2.45, 2.75) is 6.61 Å². The Kier molecular flexibility index (Phi) is 3.23. The van der Waals surface area contributed by atoms with E-state index < -0.39 is 0 Å². The summed E-state index contributed by atoms with van der Waals surface area (Å²) in [5, 5.41) is 9.10. The monoisotopic (exact) mass is 294 g/mol. The summed E-state index contributed by atoms with van der Waals surface area (Å²) in [4.78, 5) is 3.94. The van der Waals surface area contributed by atoms with Crippen LogP contribution in [0, 0.1) is 0 Å². The first kappa shape index (κ1) is 12.2. The van der Waals surface area contributed by atoms with E-state index in [4.69, 9.17) is 27.9 Å². The molecule has 96 valence electrons. The minimum atomic E-state index is 0.256. The fourth-order valence-electron chi connectivity index (χ4n) is 1.64. The zero-order chi connectivity index (χ0) is 13.2. The lowest BCUT2D eigenvalue weighted by molar-refractivity contribution is 0.294. The zero-order valence-corrected chi connectivity index (χ0v) is 11.1. The summed E-state index contributed by atoms with van der Waals surface area (Å²) in [6, 6.07) is 7.09. The van der Waals surface area contributed by atoms with Crippen LogP contribution in [0.25, 0.3) is 5.65 Å². The van der Waals surface area contributed by atoms with Crippen LogP contribution in [0.2, 0.25) is 10.2 Å². The maximum absolute atomic E-state index is 6.05. The van der Waals surface area contributed by atoms with Crippen LogP contribution in [0.4, 0.5) is 0 Å². The molecule has 2 heterocycles. The largest absolute Gasteiger partial charge is 0.486 e. The average molecular weight is 295 g/mol. The van der Waals surface area contributed by atoms with Crippen molar-refractivity contribution < 1.29 is 4.74 Å². The Bertz CT molecular complexity index is 711. The van der Waals surface area contributed by atoms with Gasteiger partial charge in [-0.1, -0.05) is 23.2 Å². The number of rotatable bonds is 3. The van der Waals surface area contributed by atoms with Crippen LogP contribution in [0.1, 0.15) is 5.82 Å². The summed E-state index contributed by atoms with van der Waals surface area (Å²) in [6.45, 7) is 0.256. The summed E-state index contributed by atoms with van der Waals surface area (Å²) < 4.78 is 7.29. The molecule has 0 aliphatic rings. The van der Waals surface area contributed by atoms with Crippen LogP contribution < -0.4 is 4.74 Å². The van der Waals surface area contributed by atoms with Gasteiger partial charge < -0.3 is 4.74 Å². The predicted octanol–water partition coefficient (Wildman–Crippen LogP) is 3.01. The van der Waals surface area contributed by atoms with Crippen molar-refractivity contribution in [1.82, 2.24) is 19.6 Å². The Balaban J connectivity index is 1.84. The van der Waals surface area contributed by atoms with Gasteiger partial charge in [-0.05, 0) is 24.3 Å². The van der Waals surface area contributed by atoms with Crippen LogP contribution in [0.15, 0.2) is 36.7 Å². The molecule has 0 radical (unpaired) electrons. The van der Waals surface area contributed by atoms with Crippen LogP contribution in [-0.4, -0.2) is 19.6 Å². The van der Waals surface area contributed by atoms with Gasteiger partial charge in [-0.25, -0.2) is 0 Å². The molecule has 0 unspecified atom stereocenters. The standard InChI is InChI=1S/C12H8Cl2N4O/c13-8-1-3-9(4-2-8)19-7-12-17-16-11-6-15-5-10(14)18(11)12/h1-6H,7H2. The highest BCUT2D eigenvalue weighted by atomic mass is 35.5. The second-order valence-corrected chi connectivity index (χ2v) is 4.61. The van der Waals surface area contributed by atoms with Gasteiger partial charge in [-0.2, -0.15) is 0 Å². The van der Waals surface area contributed by atoms with Gasteiger partial charge in [0.25, 0.3) is 0 Å². The Labute approximate surface area is 118 Å². The van der Waals surface area contributed by atoms with Crippen molar-refractivity contribution in [2.24, 2.45) is 0 Å². The van der Waals surface area contributed by atoms with Gasteiger partial charge in [0.15, 0.2) is 11.5 Å². The number of hydrogen-bond donors (Lipinski definition) is 0. The second kappa shape index (κ2) is 5.03. The Hall–Kier alpha value is -1.85. The molecule has 0 fully saturated rings. The van der Waals surface area contributed by atoms with E-state index in [1.165, 1.54) is 6.20 Å². The fourth-order valence-corrected chi connectivity index (χ4v) is 2.01. The Morgan fingerprint density at radius 3 is 2.63 bits per heavy atom. The van der Waals surface area contributed by atoms with Crippen LogP contribution in [0.5, 0.6) is 5.75 Å². The minimum absolute atomic E-state index is 0.256. The molecule has 3 aromatic rings. The molecule has 0 N–H and O–H groups in total. The van der Waals surface area contributed by atoms with Gasteiger partial charge in [-0.3, -0.25) is 9.38 Å². The third kappa shape index (κ3) is 2.47. The van der Waals surface area contributed by atoms with Crippen molar-refractivity contribution in [3.8, 4) is 5.75 Å². The minimum Gasteiger partial charge on any atom is -0.486 e. The van der Waals surface area contributed by atoms with E-state index in [0.29, 0.717) is 27.4 Å². The van der Waals surface area contributed by atoms with Crippen LogP contribution in [0.3, 0.4) is 0 Å². The number of halogens is 2. The first-order chi connectivity index (χ1) is 9.24. The van der Waals surface area contributed by atoms with Gasteiger partial charge in [0.05, 0.1) is 12.4 Å². The van der Waals surface area contributed by atoms with Gasteiger partial charge in [0.2, 0.25) is 0 Å². The molecule has 7 heteroatoms. The quantitative estimate of drug-likeness (QED) is 0.745. The number of hydrogen-bond acceptors (Lipinski definition) is 4. The maximum atomic E-state index is 6.05. The lowest BCUT2D eigenvalue weighted by Crippen LogP contribution is -2.02. The first-order valence-corrected chi connectivity index (χ1v) is 6.21. The van der Waals surface area contributed by atoms with Gasteiger partial charge in [0, 0.05) is 5.02 Å². The van der Waals surface area contributed by atoms with E-state index in [1.54, 1.807) is 34.9 Å². The van der Waals surface area contributed by atoms with Crippen molar-refractivity contribution in [1.29, 1.82) is 0 Å². The molecule has 0 saturated heterocycles. The molecule has 5 nitrogen and oxygen atoms in total. The maximum Gasteiger partial charge on any atom is 0.180 e. The summed E-state index contributed by atoms with van der Waals surface area (Å²) in [6.07, 6.45) is 3.12. The predicted molar refractivity (Wildman–Crippen MR) is 71.6 cm³/mol. The molecule has 1 aromatic carbocycles. The van der Waals surface area contributed by atoms with Gasteiger partial charge >= 0.3 is 0 Å². The molecule has 0 aliphatic heterocycles. The lowest BCUT2D eigenvalue weighted by Gasteiger charge is -2.05. The highest BCUT2D eigenvalue weighted by Crippen LogP contribution is 2.17. The molecule has 0 atom stereocenters. The van der Waals surface area contributed by atoms with E-state index in [0.717, 1.165) is 0 Å². The number of ether oxygens (including phenoxy) is 1. The topological polar surface area (TPSA) is 52.3 Å². The number of nitrogens with zero attached hydrogens (tertiary/aromatic N) is 4. The Morgan fingerprint density at radius 2 is 1.84 bits per heavy atom. The molecule has 0 spiro atoms. The average Bonchev–Trinajstić information content (AvgIpc) is 2.83. The highest BCUT2D eigenvalue weighted by Gasteiger charge is 2.09. The number of benzene rings is 1. The normalized spacial score (nSPS) is 10.8. The van der Waals surface area contributed by atoms with E-state index in [-0.39, 0.29) is 6.61 Å². The molecule has 0 saturated carbocycles. The van der Waals surface area contributed by atoms with Gasteiger partial charge in [-0.15, -0.1) is 10.2 Å². The molecule has 0 bridgehead atoms. The zero-order valence-electron chi connectivity index (χ0n) is 9.62. The molecular formula is C12H8Cl2N4O. The molecule has 19 heavy (non-hydrogen) atoms. The number of aromatic nitrogens is 4. The van der Waals surface area contributed by atoms with Crippen molar-refractivity contribution in [2.75, 3.05) is 0 Å². The smallest absolute Gasteiger partial charge is 0.180 e. The SMILES string of the molecule is Clc1ccc(OCc2nnc3cncc(Cl)n23)cc1. The summed E-state index contributed by atoms with van der Waals surface area (Å²) >= 11 is 11.9. The molecule has 3 rings (SSSR count). The van der Waals surface area contributed by atoms with Crippen molar-refractivity contribution >= 4 is 28.8 Å². The van der Waals surface area contributed by atoms with Crippen LogP contribution in [-0.2, 0) is 6.61 Å². The summed E-state index contributed by atoms with van der Waals surface area (Å²) in [5.74, 6) is 1.31. The van der Waals surface area contributed by atoms with Crippen molar-refractivity contribution in [3.63, 3.8) is 0 Å². The Morgan fingerprint density at radius 1 is 1.05 bits per heavy atom. The second-order valence-electron chi connectivity index (χ2n) is 3.78. The van der Waals surface area contributed by atoms with Gasteiger partial charge in [0.1, 0.15) is 17.5 Å². The molecule has 0 aliphatic carbocycles. The molecule has 2 aromatic heterocycles. The first-order valence-electron chi connectivity index (χ1n) is 5.46. The fraction of sp³-hybridized carbons (Fsp3) is 0.0833. The lowest BCUT2D eigenvalue weighted by atomic mass is 10.3. The third-order valence-corrected chi connectivity index (χ3v) is 3.04. The summed E-state index contributed by atoms with van der Waals surface area (Å²) in [5.41, 5.74) is 0.585. The van der Waals surface area contributed by atoms with E-state index in [1.807, 2.05) is 0 Å². The highest BCUT2D eigenvalue weighted by molar-refractivity contribution is 6.30. The van der Waals surface area contributed by atoms with Crippen molar-refractivity contribution in [3.05, 3.63) is 52.7 Å². The molecule has 0 amide bonds. The third-order valence-electron chi connectivity index (χ3n) is 2.52.